The quantitative estimate of drug-likeness (QED) is 0.841. The minimum atomic E-state index is 0.0924. The predicted octanol–water partition coefficient (Wildman–Crippen LogP) is 2.65. The maximum absolute atomic E-state index is 5.80. The van der Waals surface area contributed by atoms with Crippen molar-refractivity contribution in [3.05, 3.63) is 11.1 Å². The fourth-order valence-corrected chi connectivity index (χ4v) is 2.07. The first-order chi connectivity index (χ1) is 7.00. The lowest BCUT2D eigenvalue weighted by atomic mass is 10.1. The average molecular weight is 227 g/mol. The Hall–Kier alpha value is -0.610. The van der Waals surface area contributed by atoms with Crippen molar-refractivity contribution in [2.75, 3.05) is 18.5 Å². The summed E-state index contributed by atoms with van der Waals surface area (Å²) >= 11 is 1.69. The fraction of sp³-hybridized carbons (Fsp3) is 0.727. The number of thiazole rings is 1. The lowest BCUT2D eigenvalue weighted by molar-refractivity contribution is 0.585. The van der Waals surface area contributed by atoms with Gasteiger partial charge in [-0.15, -0.1) is 11.3 Å². The van der Waals surface area contributed by atoms with Crippen LogP contribution in [0.3, 0.4) is 0 Å². The van der Waals surface area contributed by atoms with E-state index in [0.29, 0.717) is 0 Å². The zero-order chi connectivity index (χ0) is 11.4. The molecule has 0 aromatic carbocycles. The van der Waals surface area contributed by atoms with Crippen LogP contribution in [0.4, 0.5) is 5.13 Å². The van der Waals surface area contributed by atoms with Crippen LogP contribution in [0.15, 0.2) is 6.20 Å². The van der Waals surface area contributed by atoms with Gasteiger partial charge in [-0.25, -0.2) is 4.98 Å². The van der Waals surface area contributed by atoms with Crippen molar-refractivity contribution in [2.45, 2.75) is 33.2 Å². The molecule has 0 spiro atoms. The van der Waals surface area contributed by atoms with E-state index < -0.39 is 0 Å². The highest BCUT2D eigenvalue weighted by atomic mass is 32.1. The van der Waals surface area contributed by atoms with E-state index in [9.17, 15) is 0 Å². The maximum atomic E-state index is 5.80. The van der Waals surface area contributed by atoms with Gasteiger partial charge in [0.25, 0.3) is 0 Å². The largest absolute Gasteiger partial charge is 0.351 e. The van der Waals surface area contributed by atoms with Crippen LogP contribution in [-0.4, -0.2) is 18.6 Å². The molecule has 1 aromatic heterocycles. The number of hydrogen-bond acceptors (Lipinski definition) is 4. The monoisotopic (exact) mass is 227 g/mol. The van der Waals surface area contributed by atoms with Gasteiger partial charge in [0.15, 0.2) is 5.13 Å². The van der Waals surface area contributed by atoms with E-state index in [2.05, 4.69) is 30.8 Å². The van der Waals surface area contributed by atoms with E-state index in [1.807, 2.05) is 13.1 Å². The molecule has 0 fully saturated rings. The minimum Gasteiger partial charge on any atom is -0.351 e. The van der Waals surface area contributed by atoms with Crippen LogP contribution >= 0.6 is 11.3 Å². The molecular weight excluding hydrogens is 206 g/mol. The Morgan fingerprint density at radius 1 is 1.47 bits per heavy atom. The van der Waals surface area contributed by atoms with Crippen LogP contribution in [0.25, 0.3) is 0 Å². The molecule has 4 heteroatoms. The highest BCUT2D eigenvalue weighted by Crippen LogP contribution is 2.25. The van der Waals surface area contributed by atoms with Gasteiger partial charge in [0, 0.05) is 30.7 Å². The molecule has 0 bridgehead atoms. The topological polar surface area (TPSA) is 42.2 Å². The first-order valence-electron chi connectivity index (χ1n) is 5.43. The van der Waals surface area contributed by atoms with Crippen LogP contribution < -0.4 is 10.6 Å². The van der Waals surface area contributed by atoms with Crippen LogP contribution in [-0.2, 0) is 0 Å². The van der Waals surface area contributed by atoms with Crippen LogP contribution in [0, 0.1) is 5.92 Å². The van der Waals surface area contributed by atoms with E-state index in [1.165, 1.54) is 6.42 Å². The summed E-state index contributed by atoms with van der Waals surface area (Å²) in [5, 5.41) is 1.07. The van der Waals surface area contributed by atoms with Gasteiger partial charge in [-0.05, 0) is 19.3 Å². The lowest BCUT2D eigenvalue weighted by Gasteiger charge is -2.16. The SMILES string of the molecule is CC(C)CCN(C)c1ncc(C(C)N)s1. The molecule has 1 rings (SSSR count). The van der Waals surface area contributed by atoms with Crippen LogP contribution in [0.1, 0.15) is 38.1 Å². The van der Waals surface area contributed by atoms with E-state index in [0.717, 1.165) is 22.5 Å². The minimum absolute atomic E-state index is 0.0924. The third-order valence-corrected chi connectivity index (χ3v) is 3.64. The van der Waals surface area contributed by atoms with Crippen molar-refractivity contribution in [2.24, 2.45) is 11.7 Å². The average Bonchev–Trinajstić information content (AvgIpc) is 2.62. The molecule has 3 nitrogen and oxygen atoms in total. The summed E-state index contributed by atoms with van der Waals surface area (Å²) < 4.78 is 0. The number of hydrogen-bond donors (Lipinski definition) is 1. The van der Waals surface area contributed by atoms with Crippen molar-refractivity contribution in [1.82, 2.24) is 4.98 Å². The van der Waals surface area contributed by atoms with Crippen molar-refractivity contribution in [3.8, 4) is 0 Å². The highest BCUT2D eigenvalue weighted by molar-refractivity contribution is 7.15. The number of anilines is 1. The molecule has 0 aliphatic carbocycles. The van der Waals surface area contributed by atoms with Crippen molar-refractivity contribution in [3.63, 3.8) is 0 Å². The highest BCUT2D eigenvalue weighted by Gasteiger charge is 2.09. The smallest absolute Gasteiger partial charge is 0.185 e. The van der Waals surface area contributed by atoms with Gasteiger partial charge in [-0.2, -0.15) is 0 Å². The molecule has 1 atom stereocenters. The standard InChI is InChI=1S/C11H21N3S/c1-8(2)5-6-14(4)11-13-7-10(15-11)9(3)12/h7-9H,5-6,12H2,1-4H3. The number of aromatic nitrogens is 1. The first-order valence-corrected chi connectivity index (χ1v) is 6.24. The molecule has 2 N–H and O–H groups in total. The van der Waals surface area contributed by atoms with Gasteiger partial charge in [0.2, 0.25) is 0 Å². The van der Waals surface area contributed by atoms with E-state index in [-0.39, 0.29) is 6.04 Å². The zero-order valence-corrected chi connectivity index (χ0v) is 10.8. The summed E-state index contributed by atoms with van der Waals surface area (Å²) in [6.45, 7) is 7.53. The third kappa shape index (κ3) is 3.80. The molecule has 0 aliphatic heterocycles. The Bertz CT molecular complexity index is 294. The number of nitrogens with two attached hydrogens (primary N) is 1. The second kappa shape index (κ2) is 5.47. The summed E-state index contributed by atoms with van der Waals surface area (Å²) in [5.74, 6) is 0.736. The summed E-state index contributed by atoms with van der Waals surface area (Å²) in [7, 11) is 2.09. The molecule has 0 aliphatic rings. The molecule has 0 amide bonds. The summed E-state index contributed by atoms with van der Waals surface area (Å²) in [4.78, 5) is 7.74. The van der Waals surface area contributed by atoms with E-state index in [1.54, 1.807) is 11.3 Å². The molecule has 0 saturated heterocycles. The predicted molar refractivity (Wildman–Crippen MR) is 67.4 cm³/mol. The summed E-state index contributed by atoms with van der Waals surface area (Å²) in [5.41, 5.74) is 5.80. The molecule has 86 valence electrons. The van der Waals surface area contributed by atoms with Gasteiger partial charge in [0.1, 0.15) is 0 Å². The van der Waals surface area contributed by atoms with Crippen LogP contribution in [0.2, 0.25) is 0 Å². The zero-order valence-electron chi connectivity index (χ0n) is 10.0. The maximum Gasteiger partial charge on any atom is 0.185 e. The molecule has 0 radical (unpaired) electrons. The molecule has 1 unspecified atom stereocenters. The molecule has 15 heavy (non-hydrogen) atoms. The van der Waals surface area contributed by atoms with Gasteiger partial charge in [-0.1, -0.05) is 13.8 Å². The van der Waals surface area contributed by atoms with E-state index in [4.69, 9.17) is 5.73 Å². The fourth-order valence-electron chi connectivity index (χ4n) is 1.21. The number of nitrogens with zero attached hydrogens (tertiary/aromatic N) is 2. The Morgan fingerprint density at radius 2 is 2.13 bits per heavy atom. The van der Waals surface area contributed by atoms with Crippen molar-refractivity contribution in [1.29, 1.82) is 0 Å². The van der Waals surface area contributed by atoms with Gasteiger partial charge in [-0.3, -0.25) is 0 Å². The van der Waals surface area contributed by atoms with Gasteiger partial charge >= 0.3 is 0 Å². The second-order valence-corrected chi connectivity index (χ2v) is 5.48. The Kier molecular flexibility index (Phi) is 4.54. The third-order valence-electron chi connectivity index (χ3n) is 2.33. The van der Waals surface area contributed by atoms with Crippen molar-refractivity contribution >= 4 is 16.5 Å². The molecule has 1 heterocycles. The summed E-state index contributed by atoms with van der Waals surface area (Å²) in [6, 6.07) is 0.0924. The second-order valence-electron chi connectivity index (χ2n) is 4.44. The first kappa shape index (κ1) is 12.5. The Balaban J connectivity index is 2.54. The van der Waals surface area contributed by atoms with Gasteiger partial charge in [0.05, 0.1) is 0 Å². The Labute approximate surface area is 96.3 Å². The Morgan fingerprint density at radius 3 is 2.60 bits per heavy atom. The van der Waals surface area contributed by atoms with Crippen molar-refractivity contribution < 1.29 is 0 Å². The van der Waals surface area contributed by atoms with E-state index >= 15 is 0 Å². The molecular formula is C11H21N3S. The summed E-state index contributed by atoms with van der Waals surface area (Å²) in [6.07, 6.45) is 3.08. The number of rotatable bonds is 5. The molecule has 1 aromatic rings. The molecule has 0 saturated carbocycles. The normalized spacial score (nSPS) is 13.2. The van der Waals surface area contributed by atoms with Crippen LogP contribution in [0.5, 0.6) is 0 Å². The van der Waals surface area contributed by atoms with Gasteiger partial charge < -0.3 is 10.6 Å². The lowest BCUT2D eigenvalue weighted by Crippen LogP contribution is -2.19.